The smallest absolute Gasteiger partial charge is 0.303 e. The number of carbonyl (C=O) groups excluding carboxylic acids is 4. The van der Waals surface area contributed by atoms with Gasteiger partial charge in [-0.1, -0.05) is 48.0 Å². The highest BCUT2D eigenvalue weighted by Crippen LogP contribution is 2.66. The number of allylic oxidation sites excluding steroid dienone is 2. The van der Waals surface area contributed by atoms with Crippen molar-refractivity contribution in [1.82, 2.24) is 9.80 Å². The zero-order valence-corrected chi connectivity index (χ0v) is 25.3. The van der Waals surface area contributed by atoms with Crippen molar-refractivity contribution >= 4 is 52.8 Å². The standard InChI is InChI=1S/C32H30Cl2N2O8/c1-35-29(42)31(33)15-22-19(11-12-21-25(22)28(41)36(27(21)40)13-5-8-24(38)39)26(32(31,34)30(35)43)20-10-9-18(14-23(20)37)44-16-17-6-3-2-4-7-17/h2-4,6-7,9-11,14,21-22,25-26,37H,5,8,12-13,15-16H2,1H3,(H,38,39). The summed E-state index contributed by atoms with van der Waals surface area (Å²) in [7, 11) is 1.30. The van der Waals surface area contributed by atoms with Crippen LogP contribution in [0, 0.1) is 17.8 Å². The molecule has 2 heterocycles. The number of aliphatic carboxylic acids is 1. The van der Waals surface area contributed by atoms with Gasteiger partial charge in [0.25, 0.3) is 11.8 Å². The molecule has 0 bridgehead atoms. The molecule has 2 saturated heterocycles. The van der Waals surface area contributed by atoms with Crippen molar-refractivity contribution in [3.05, 3.63) is 71.3 Å². The number of alkyl halides is 2. The summed E-state index contributed by atoms with van der Waals surface area (Å²) in [4.78, 5) is 63.4. The Labute approximate surface area is 263 Å². The van der Waals surface area contributed by atoms with E-state index in [1.54, 1.807) is 18.2 Å². The fourth-order valence-corrected chi connectivity index (χ4v) is 8.37. The maximum atomic E-state index is 13.7. The van der Waals surface area contributed by atoms with E-state index in [0.717, 1.165) is 15.4 Å². The zero-order chi connectivity index (χ0) is 31.6. The highest BCUT2D eigenvalue weighted by atomic mass is 35.5. The van der Waals surface area contributed by atoms with Gasteiger partial charge >= 0.3 is 5.97 Å². The molecule has 2 aromatic rings. The number of phenolic OH excluding ortho intramolecular Hbond substituents is 1. The molecule has 1 saturated carbocycles. The Hall–Kier alpha value is -3.89. The maximum Gasteiger partial charge on any atom is 0.303 e. The van der Waals surface area contributed by atoms with Gasteiger partial charge in [0, 0.05) is 37.6 Å². The second kappa shape index (κ2) is 10.9. The number of carboxylic acid groups (broad SMARTS) is 1. The number of likely N-dealkylation sites (tertiary alicyclic amines) is 2. The number of nitrogens with zero attached hydrogens (tertiary/aromatic N) is 2. The Balaban J connectivity index is 1.39. The lowest BCUT2D eigenvalue weighted by molar-refractivity contribution is -0.142. The van der Waals surface area contributed by atoms with E-state index in [1.807, 2.05) is 30.3 Å². The number of carboxylic acids is 1. The number of fused-ring (bicyclic) bond motifs is 4. The van der Waals surface area contributed by atoms with Crippen LogP contribution >= 0.6 is 23.2 Å². The van der Waals surface area contributed by atoms with E-state index in [-0.39, 0.29) is 50.1 Å². The van der Waals surface area contributed by atoms with Crippen molar-refractivity contribution in [2.75, 3.05) is 13.6 Å². The highest BCUT2D eigenvalue weighted by molar-refractivity contribution is 6.53. The SMILES string of the molecule is CN1C(=O)C2(Cl)CC3C(=CCC4C(=O)N(CCCC(=O)O)C(=O)C43)C(c3ccc(OCc4ccccc4)cc3O)C2(Cl)C1=O. The normalized spacial score (nSPS) is 31.0. The molecular formula is C32H30Cl2N2O8. The maximum absolute atomic E-state index is 13.7. The Morgan fingerprint density at radius 2 is 1.75 bits per heavy atom. The molecule has 0 spiro atoms. The average Bonchev–Trinajstić information content (AvgIpc) is 3.31. The van der Waals surface area contributed by atoms with Gasteiger partial charge in [-0.2, -0.15) is 0 Å². The molecular weight excluding hydrogens is 611 g/mol. The first-order valence-corrected chi connectivity index (χ1v) is 15.1. The second-order valence-electron chi connectivity index (χ2n) is 11.8. The van der Waals surface area contributed by atoms with Crippen LogP contribution < -0.4 is 4.74 Å². The van der Waals surface area contributed by atoms with Crippen LogP contribution in [0.5, 0.6) is 11.5 Å². The molecule has 230 valence electrons. The zero-order valence-electron chi connectivity index (χ0n) is 23.7. The van der Waals surface area contributed by atoms with Crippen LogP contribution in [0.1, 0.15) is 42.7 Å². The van der Waals surface area contributed by atoms with E-state index in [9.17, 15) is 29.1 Å². The number of aromatic hydroxyl groups is 1. The molecule has 44 heavy (non-hydrogen) atoms. The van der Waals surface area contributed by atoms with Gasteiger partial charge < -0.3 is 14.9 Å². The summed E-state index contributed by atoms with van der Waals surface area (Å²) in [6.07, 6.45) is 1.69. The lowest BCUT2D eigenvalue weighted by Gasteiger charge is -2.50. The first-order valence-electron chi connectivity index (χ1n) is 14.4. The number of rotatable bonds is 8. The van der Waals surface area contributed by atoms with Crippen LogP contribution in [-0.4, -0.2) is 73.0 Å². The third-order valence-corrected chi connectivity index (χ3v) is 10.9. The summed E-state index contributed by atoms with van der Waals surface area (Å²) in [5.41, 5.74) is 1.71. The molecule has 2 aliphatic carbocycles. The van der Waals surface area contributed by atoms with E-state index >= 15 is 0 Å². The lowest BCUT2D eigenvalue weighted by atomic mass is 9.56. The van der Waals surface area contributed by atoms with Gasteiger partial charge in [0.2, 0.25) is 11.8 Å². The number of benzene rings is 2. The molecule has 6 rings (SSSR count). The van der Waals surface area contributed by atoms with Crippen LogP contribution in [0.4, 0.5) is 0 Å². The van der Waals surface area contributed by atoms with Crippen molar-refractivity contribution in [2.24, 2.45) is 17.8 Å². The van der Waals surface area contributed by atoms with E-state index in [0.29, 0.717) is 11.3 Å². The Morgan fingerprint density at radius 3 is 2.43 bits per heavy atom. The van der Waals surface area contributed by atoms with Crippen molar-refractivity contribution in [3.8, 4) is 11.5 Å². The molecule has 10 nitrogen and oxygen atoms in total. The minimum absolute atomic E-state index is 0.0424. The summed E-state index contributed by atoms with van der Waals surface area (Å²) in [5.74, 6) is -6.67. The number of amides is 4. The third kappa shape index (κ3) is 4.41. The van der Waals surface area contributed by atoms with Crippen molar-refractivity contribution in [1.29, 1.82) is 0 Å². The van der Waals surface area contributed by atoms with E-state index in [2.05, 4.69) is 0 Å². The summed E-state index contributed by atoms with van der Waals surface area (Å²) < 4.78 is 5.86. The molecule has 0 radical (unpaired) electrons. The molecule has 3 fully saturated rings. The summed E-state index contributed by atoms with van der Waals surface area (Å²) in [5, 5.41) is 20.4. The first kappa shape index (κ1) is 30.1. The largest absolute Gasteiger partial charge is 0.508 e. The molecule has 6 unspecified atom stereocenters. The van der Waals surface area contributed by atoms with Crippen LogP contribution in [0.25, 0.3) is 0 Å². The van der Waals surface area contributed by atoms with Crippen LogP contribution in [0.2, 0.25) is 0 Å². The van der Waals surface area contributed by atoms with Gasteiger partial charge in [0.15, 0.2) is 9.75 Å². The third-order valence-electron chi connectivity index (χ3n) is 9.44. The fraction of sp³-hybridized carbons (Fsp3) is 0.406. The van der Waals surface area contributed by atoms with E-state index < -0.39 is 63.0 Å². The van der Waals surface area contributed by atoms with E-state index in [1.165, 1.54) is 13.1 Å². The second-order valence-corrected chi connectivity index (χ2v) is 13.1. The number of imide groups is 2. The predicted octanol–water partition coefficient (Wildman–Crippen LogP) is 3.82. The quantitative estimate of drug-likeness (QED) is 0.252. The minimum atomic E-state index is -2.02. The van der Waals surface area contributed by atoms with E-state index in [4.69, 9.17) is 33.0 Å². The number of ether oxygens (including phenoxy) is 1. The topological polar surface area (TPSA) is 142 Å². The van der Waals surface area contributed by atoms with Crippen molar-refractivity contribution in [2.45, 2.75) is 48.0 Å². The Bertz CT molecular complexity index is 1610. The summed E-state index contributed by atoms with van der Waals surface area (Å²) in [6, 6.07) is 14.1. The van der Waals surface area contributed by atoms with Crippen LogP contribution in [0.15, 0.2) is 60.2 Å². The van der Waals surface area contributed by atoms with Gasteiger partial charge in [0.1, 0.15) is 18.1 Å². The number of hydrogen-bond acceptors (Lipinski definition) is 7. The van der Waals surface area contributed by atoms with Gasteiger partial charge in [-0.05, 0) is 36.8 Å². The average molecular weight is 642 g/mol. The fourth-order valence-electron chi connectivity index (χ4n) is 7.36. The molecule has 2 aliphatic heterocycles. The molecule has 2 N–H and O–H groups in total. The first-order chi connectivity index (χ1) is 20.9. The summed E-state index contributed by atoms with van der Waals surface area (Å²) in [6.45, 7) is 0.208. The minimum Gasteiger partial charge on any atom is -0.508 e. The van der Waals surface area contributed by atoms with Gasteiger partial charge in [-0.25, -0.2) is 0 Å². The van der Waals surface area contributed by atoms with Gasteiger partial charge in [-0.15, -0.1) is 23.2 Å². The molecule has 12 heteroatoms. The lowest BCUT2D eigenvalue weighted by Crippen LogP contribution is -2.60. The number of hydrogen-bond donors (Lipinski definition) is 2. The van der Waals surface area contributed by atoms with Gasteiger partial charge in [-0.3, -0.25) is 33.8 Å². The Morgan fingerprint density at radius 1 is 1.02 bits per heavy atom. The monoisotopic (exact) mass is 640 g/mol. The number of phenols is 1. The molecule has 6 atom stereocenters. The van der Waals surface area contributed by atoms with Crippen LogP contribution in [0.3, 0.4) is 0 Å². The molecule has 4 amide bonds. The number of carbonyl (C=O) groups is 5. The van der Waals surface area contributed by atoms with Crippen molar-refractivity contribution < 1.29 is 38.9 Å². The summed E-state index contributed by atoms with van der Waals surface area (Å²) >= 11 is 14.3. The number of halogens is 2. The molecule has 0 aromatic heterocycles. The molecule has 4 aliphatic rings. The predicted molar refractivity (Wildman–Crippen MR) is 158 cm³/mol. The highest BCUT2D eigenvalue weighted by Gasteiger charge is 2.76. The van der Waals surface area contributed by atoms with Crippen molar-refractivity contribution in [3.63, 3.8) is 0 Å². The van der Waals surface area contributed by atoms with Gasteiger partial charge in [0.05, 0.1) is 11.8 Å². The Kier molecular flexibility index (Phi) is 7.49. The molecule has 2 aromatic carbocycles. The van der Waals surface area contributed by atoms with Crippen LogP contribution in [-0.2, 0) is 30.6 Å².